The first-order chi connectivity index (χ1) is 9.23. The fraction of sp³-hybridized carbons (Fsp3) is 0.167. The number of aliphatic carboxylic acids is 2. The molecule has 0 fully saturated rings. The Morgan fingerprint density at radius 2 is 1.90 bits per heavy atom. The molecule has 0 aromatic heterocycles. The van der Waals surface area contributed by atoms with Crippen molar-refractivity contribution in [3.05, 3.63) is 45.1 Å². The molecule has 0 saturated heterocycles. The van der Waals surface area contributed by atoms with E-state index in [9.17, 15) is 19.7 Å². The van der Waals surface area contributed by atoms with Crippen LogP contribution in [0.25, 0.3) is 0 Å². The molecule has 0 amide bonds. The van der Waals surface area contributed by atoms with E-state index in [0.29, 0.717) is 17.2 Å². The first kappa shape index (κ1) is 15.2. The topological polar surface area (TPSA) is 130 Å². The second-order valence-corrected chi connectivity index (χ2v) is 3.99. The number of nitro groups is 1. The van der Waals surface area contributed by atoms with Gasteiger partial charge in [0.05, 0.1) is 11.0 Å². The van der Waals surface area contributed by atoms with Crippen LogP contribution in [0.15, 0.2) is 23.9 Å². The summed E-state index contributed by atoms with van der Waals surface area (Å²) < 4.78 is 0. The molecule has 1 rings (SSSR count). The minimum atomic E-state index is -1.53. The fourth-order valence-electron chi connectivity index (χ4n) is 1.56. The fourth-order valence-corrected chi connectivity index (χ4v) is 1.56. The summed E-state index contributed by atoms with van der Waals surface area (Å²) in [5, 5.41) is 30.8. The van der Waals surface area contributed by atoms with E-state index < -0.39 is 22.6 Å². The number of hydrogen-bond acceptors (Lipinski definition) is 5. The second kappa shape index (κ2) is 5.83. The van der Waals surface area contributed by atoms with Crippen LogP contribution in [0.3, 0.4) is 0 Å². The maximum Gasteiger partial charge on any atom is 0.352 e. The molecular weight excluding hydrogens is 268 g/mol. The van der Waals surface area contributed by atoms with Crippen LogP contribution in [-0.4, -0.2) is 27.1 Å². The maximum atomic E-state index is 11.1. The van der Waals surface area contributed by atoms with Crippen molar-refractivity contribution in [3.8, 4) is 0 Å². The van der Waals surface area contributed by atoms with Crippen molar-refractivity contribution in [3.63, 3.8) is 0 Å². The van der Waals surface area contributed by atoms with Crippen LogP contribution >= 0.6 is 0 Å². The van der Waals surface area contributed by atoms with Crippen LogP contribution in [0.2, 0.25) is 0 Å². The van der Waals surface area contributed by atoms with Crippen molar-refractivity contribution in [2.75, 3.05) is 5.32 Å². The van der Waals surface area contributed by atoms with Crippen molar-refractivity contribution in [1.82, 2.24) is 0 Å². The number of nitro benzene ring substituents is 1. The highest BCUT2D eigenvalue weighted by atomic mass is 16.6. The zero-order valence-electron chi connectivity index (χ0n) is 10.7. The van der Waals surface area contributed by atoms with Crippen LogP contribution in [-0.2, 0) is 9.59 Å². The molecule has 1 aromatic rings. The van der Waals surface area contributed by atoms with Crippen molar-refractivity contribution in [2.45, 2.75) is 13.8 Å². The van der Waals surface area contributed by atoms with E-state index in [-0.39, 0.29) is 11.4 Å². The number of aryl methyl sites for hydroxylation is 1. The van der Waals surface area contributed by atoms with E-state index in [1.165, 1.54) is 13.0 Å². The molecule has 0 aliphatic rings. The van der Waals surface area contributed by atoms with Crippen LogP contribution in [0, 0.1) is 24.0 Å². The van der Waals surface area contributed by atoms with Gasteiger partial charge in [0.2, 0.25) is 0 Å². The lowest BCUT2D eigenvalue weighted by atomic mass is 10.1. The average Bonchev–Trinajstić information content (AvgIpc) is 2.31. The highest BCUT2D eigenvalue weighted by Gasteiger charge is 2.21. The Bertz CT molecular complexity index is 621. The van der Waals surface area contributed by atoms with Gasteiger partial charge in [-0.15, -0.1) is 0 Å². The Morgan fingerprint density at radius 3 is 2.35 bits per heavy atom. The Morgan fingerprint density at radius 1 is 1.30 bits per heavy atom. The van der Waals surface area contributed by atoms with Crippen LogP contribution in [0.1, 0.15) is 11.1 Å². The molecular formula is C12H12N2O6. The lowest BCUT2D eigenvalue weighted by Crippen LogP contribution is -2.14. The third kappa shape index (κ3) is 3.31. The predicted molar refractivity (Wildman–Crippen MR) is 69.5 cm³/mol. The third-order valence-electron chi connectivity index (χ3n) is 2.65. The highest BCUT2D eigenvalue weighted by Crippen LogP contribution is 2.31. The Hall–Kier alpha value is -2.90. The largest absolute Gasteiger partial charge is 0.478 e. The summed E-state index contributed by atoms with van der Waals surface area (Å²) in [5.74, 6) is -3.00. The van der Waals surface area contributed by atoms with E-state index >= 15 is 0 Å². The summed E-state index contributed by atoms with van der Waals surface area (Å²) in [6, 6.07) is 2.91. The molecule has 0 aliphatic heterocycles. The first-order valence-corrected chi connectivity index (χ1v) is 5.43. The molecule has 8 heteroatoms. The number of rotatable bonds is 5. The number of benzene rings is 1. The lowest BCUT2D eigenvalue weighted by molar-refractivity contribution is -0.384. The number of nitrogens with zero attached hydrogens (tertiary/aromatic N) is 1. The minimum Gasteiger partial charge on any atom is -0.478 e. The second-order valence-electron chi connectivity index (χ2n) is 3.99. The van der Waals surface area contributed by atoms with Crippen LogP contribution in [0.4, 0.5) is 11.4 Å². The Labute approximate surface area is 113 Å². The average molecular weight is 280 g/mol. The van der Waals surface area contributed by atoms with Gasteiger partial charge in [-0.05, 0) is 25.5 Å². The number of carboxylic acids is 2. The molecule has 0 radical (unpaired) electrons. The third-order valence-corrected chi connectivity index (χ3v) is 2.65. The number of carboxylic acid groups (broad SMARTS) is 2. The smallest absolute Gasteiger partial charge is 0.352 e. The molecule has 20 heavy (non-hydrogen) atoms. The van der Waals surface area contributed by atoms with Gasteiger partial charge >= 0.3 is 11.9 Å². The number of anilines is 1. The normalized spacial score (nSPS) is 11.0. The molecule has 0 saturated carbocycles. The summed E-state index contributed by atoms with van der Waals surface area (Å²) in [6.45, 7) is 3.21. The summed E-state index contributed by atoms with van der Waals surface area (Å²) in [6.07, 6.45) is 0.432. The zero-order chi connectivity index (χ0) is 15.4. The van der Waals surface area contributed by atoms with Gasteiger partial charge in [-0.25, -0.2) is 9.59 Å². The predicted octanol–water partition coefficient (Wildman–Crippen LogP) is 1.68. The first-order valence-electron chi connectivity index (χ1n) is 5.43. The van der Waals surface area contributed by atoms with Gasteiger partial charge in [-0.2, -0.15) is 0 Å². The number of carbonyl (C=O) groups is 2. The van der Waals surface area contributed by atoms with Gasteiger partial charge in [0.15, 0.2) is 0 Å². The number of hydrogen-bond donors (Lipinski definition) is 3. The van der Waals surface area contributed by atoms with Crippen molar-refractivity contribution >= 4 is 23.3 Å². The molecule has 0 heterocycles. The van der Waals surface area contributed by atoms with E-state index in [0.717, 1.165) is 0 Å². The molecule has 0 aliphatic carbocycles. The lowest BCUT2D eigenvalue weighted by Gasteiger charge is -2.10. The summed E-state index contributed by atoms with van der Waals surface area (Å²) in [4.78, 5) is 31.8. The van der Waals surface area contributed by atoms with Crippen LogP contribution < -0.4 is 5.32 Å². The van der Waals surface area contributed by atoms with Gasteiger partial charge in [-0.1, -0.05) is 6.07 Å². The van der Waals surface area contributed by atoms with Gasteiger partial charge in [-0.3, -0.25) is 10.1 Å². The van der Waals surface area contributed by atoms with E-state index in [4.69, 9.17) is 10.2 Å². The molecule has 0 unspecified atom stereocenters. The van der Waals surface area contributed by atoms with Gasteiger partial charge in [0, 0.05) is 5.56 Å². The quantitative estimate of drug-likeness (QED) is 0.425. The van der Waals surface area contributed by atoms with Crippen LogP contribution in [0.5, 0.6) is 0 Å². The maximum absolute atomic E-state index is 11.1. The molecule has 0 spiro atoms. The van der Waals surface area contributed by atoms with Crippen molar-refractivity contribution in [1.29, 1.82) is 0 Å². The zero-order valence-corrected chi connectivity index (χ0v) is 10.7. The molecule has 3 N–H and O–H groups in total. The molecule has 0 bridgehead atoms. The highest BCUT2D eigenvalue weighted by molar-refractivity contribution is 5.97. The Kier molecular flexibility index (Phi) is 4.42. The standard InChI is InChI=1S/C12H12N2O6/c1-6-3-4-8(11(7(6)2)14(19)20)13-9(12(17)18)5-10(15)16/h3-5,13H,1-2H3,(H,15,16)(H,17,18). The SMILES string of the molecule is Cc1ccc(NC(=CC(=O)O)C(=O)O)c([N+](=O)[O-])c1C. The van der Waals surface area contributed by atoms with E-state index in [1.54, 1.807) is 13.0 Å². The van der Waals surface area contributed by atoms with Crippen molar-refractivity contribution < 1.29 is 24.7 Å². The number of nitrogens with one attached hydrogen (secondary N) is 1. The monoisotopic (exact) mass is 280 g/mol. The minimum absolute atomic E-state index is 0.0759. The van der Waals surface area contributed by atoms with E-state index in [2.05, 4.69) is 5.32 Å². The van der Waals surface area contributed by atoms with Gasteiger partial charge in [0.1, 0.15) is 11.4 Å². The van der Waals surface area contributed by atoms with Gasteiger partial charge in [0.25, 0.3) is 5.69 Å². The molecule has 8 nitrogen and oxygen atoms in total. The summed E-state index contributed by atoms with van der Waals surface area (Å²) in [7, 11) is 0. The van der Waals surface area contributed by atoms with Gasteiger partial charge < -0.3 is 15.5 Å². The van der Waals surface area contributed by atoms with E-state index in [1.807, 2.05) is 0 Å². The molecule has 106 valence electrons. The molecule has 1 aromatic carbocycles. The summed E-state index contributed by atoms with van der Waals surface area (Å²) in [5.41, 5.74) is 0.0146. The molecule has 0 atom stereocenters. The van der Waals surface area contributed by atoms with Crippen molar-refractivity contribution in [2.24, 2.45) is 0 Å². The Balaban J connectivity index is 3.34. The summed E-state index contributed by atoms with van der Waals surface area (Å²) >= 11 is 0.